The first-order valence-corrected chi connectivity index (χ1v) is 7.94. The number of aryl methyl sites for hydroxylation is 2. The van der Waals surface area contributed by atoms with Gasteiger partial charge in [0.15, 0.2) is 0 Å². The molecule has 2 nitrogen and oxygen atoms in total. The van der Waals surface area contributed by atoms with E-state index < -0.39 is 10.8 Å². The summed E-state index contributed by atoms with van der Waals surface area (Å²) in [6.45, 7) is 11.6. The summed E-state index contributed by atoms with van der Waals surface area (Å²) >= 11 is 0. The lowest BCUT2D eigenvalue weighted by atomic mass is 9.87. The Labute approximate surface area is 113 Å². The van der Waals surface area contributed by atoms with Crippen molar-refractivity contribution in [2.45, 2.75) is 50.8 Å². The van der Waals surface area contributed by atoms with Crippen LogP contribution >= 0.6 is 0 Å². The Morgan fingerprint density at radius 1 is 1.22 bits per heavy atom. The number of hydrogen-bond donors (Lipinski definition) is 1. The van der Waals surface area contributed by atoms with Gasteiger partial charge in [0.05, 0.1) is 10.8 Å². The standard InChI is InChI=1S/C15H23NOS/c1-6-16-14-11(4)12(5)18(17)15-10(3)8-7-9(2)13(14)15/h7-8,11-12,14,16H,6H2,1-5H3. The highest BCUT2D eigenvalue weighted by atomic mass is 32.2. The van der Waals surface area contributed by atoms with Crippen molar-refractivity contribution >= 4 is 10.8 Å². The Bertz CT molecular complexity index is 484. The van der Waals surface area contributed by atoms with Crippen LogP contribution in [0.5, 0.6) is 0 Å². The Morgan fingerprint density at radius 2 is 1.83 bits per heavy atom. The van der Waals surface area contributed by atoms with Crippen LogP contribution in [-0.4, -0.2) is 16.0 Å². The molecule has 1 aromatic carbocycles. The fourth-order valence-electron chi connectivity index (χ4n) is 2.88. The predicted molar refractivity (Wildman–Crippen MR) is 77.4 cm³/mol. The van der Waals surface area contributed by atoms with Gasteiger partial charge in [0, 0.05) is 16.2 Å². The molecule has 0 bridgehead atoms. The molecule has 100 valence electrons. The molecule has 0 saturated carbocycles. The van der Waals surface area contributed by atoms with E-state index in [1.807, 2.05) is 0 Å². The summed E-state index contributed by atoms with van der Waals surface area (Å²) in [7, 11) is -0.876. The van der Waals surface area contributed by atoms with Crippen LogP contribution in [0.3, 0.4) is 0 Å². The number of nitrogens with one attached hydrogen (secondary N) is 1. The molecule has 1 heterocycles. The van der Waals surface area contributed by atoms with E-state index in [0.717, 1.165) is 17.0 Å². The second-order valence-electron chi connectivity index (χ2n) is 5.34. The van der Waals surface area contributed by atoms with Gasteiger partial charge in [0.2, 0.25) is 0 Å². The Balaban J connectivity index is 2.65. The van der Waals surface area contributed by atoms with Crippen LogP contribution in [0.4, 0.5) is 0 Å². The average molecular weight is 265 g/mol. The first kappa shape index (κ1) is 13.8. The molecule has 0 aromatic heterocycles. The Kier molecular flexibility index (Phi) is 3.93. The molecule has 3 heteroatoms. The lowest BCUT2D eigenvalue weighted by molar-refractivity contribution is 0.371. The number of benzene rings is 1. The molecule has 1 N–H and O–H groups in total. The van der Waals surface area contributed by atoms with Crippen LogP contribution in [-0.2, 0) is 10.8 Å². The molecule has 1 aromatic rings. The minimum Gasteiger partial charge on any atom is -0.310 e. The summed E-state index contributed by atoms with van der Waals surface area (Å²) in [6.07, 6.45) is 0. The van der Waals surface area contributed by atoms with Crippen molar-refractivity contribution in [1.29, 1.82) is 0 Å². The fourth-order valence-corrected chi connectivity index (χ4v) is 4.69. The van der Waals surface area contributed by atoms with Gasteiger partial charge in [0.25, 0.3) is 0 Å². The number of hydrogen-bond acceptors (Lipinski definition) is 2. The van der Waals surface area contributed by atoms with E-state index in [2.05, 4.69) is 52.1 Å². The van der Waals surface area contributed by atoms with Crippen LogP contribution in [0.15, 0.2) is 17.0 Å². The highest BCUT2D eigenvalue weighted by Crippen LogP contribution is 2.41. The molecular formula is C15H23NOS. The van der Waals surface area contributed by atoms with Crippen molar-refractivity contribution in [2.75, 3.05) is 6.54 Å². The van der Waals surface area contributed by atoms with E-state index in [-0.39, 0.29) is 5.25 Å². The van der Waals surface area contributed by atoms with Crippen molar-refractivity contribution in [2.24, 2.45) is 5.92 Å². The van der Waals surface area contributed by atoms with Gasteiger partial charge in [0.1, 0.15) is 0 Å². The molecule has 4 atom stereocenters. The molecule has 0 saturated heterocycles. The third kappa shape index (κ3) is 2.04. The van der Waals surface area contributed by atoms with E-state index in [0.29, 0.717) is 12.0 Å². The van der Waals surface area contributed by atoms with Gasteiger partial charge in [-0.25, -0.2) is 0 Å². The van der Waals surface area contributed by atoms with Gasteiger partial charge in [-0.05, 0) is 43.0 Å². The van der Waals surface area contributed by atoms with Crippen LogP contribution in [0.1, 0.15) is 43.5 Å². The zero-order chi connectivity index (χ0) is 13.4. The van der Waals surface area contributed by atoms with Crippen molar-refractivity contribution in [3.05, 3.63) is 28.8 Å². The lowest BCUT2D eigenvalue weighted by Gasteiger charge is -2.37. The topological polar surface area (TPSA) is 29.1 Å². The van der Waals surface area contributed by atoms with Gasteiger partial charge >= 0.3 is 0 Å². The maximum Gasteiger partial charge on any atom is 0.0567 e. The van der Waals surface area contributed by atoms with Crippen molar-refractivity contribution in [3.8, 4) is 0 Å². The summed E-state index contributed by atoms with van der Waals surface area (Å²) < 4.78 is 12.6. The molecule has 4 unspecified atom stereocenters. The molecule has 18 heavy (non-hydrogen) atoms. The molecule has 0 spiro atoms. The van der Waals surface area contributed by atoms with Crippen LogP contribution in [0.2, 0.25) is 0 Å². The monoisotopic (exact) mass is 265 g/mol. The minimum absolute atomic E-state index is 0.210. The second-order valence-corrected chi connectivity index (χ2v) is 7.09. The predicted octanol–water partition coefficient (Wildman–Crippen LogP) is 3.10. The summed E-state index contributed by atoms with van der Waals surface area (Å²) in [4.78, 5) is 1.08. The maximum absolute atomic E-state index is 12.6. The Morgan fingerprint density at radius 3 is 2.44 bits per heavy atom. The molecule has 0 fully saturated rings. The molecule has 0 aliphatic carbocycles. The molecule has 1 aliphatic heterocycles. The first-order valence-electron chi connectivity index (χ1n) is 6.73. The van der Waals surface area contributed by atoms with E-state index >= 15 is 0 Å². The summed E-state index contributed by atoms with van der Waals surface area (Å²) in [5.74, 6) is 0.402. The summed E-state index contributed by atoms with van der Waals surface area (Å²) in [6, 6.07) is 4.58. The highest BCUT2D eigenvalue weighted by Gasteiger charge is 2.37. The number of rotatable bonds is 2. The van der Waals surface area contributed by atoms with Gasteiger partial charge in [-0.15, -0.1) is 0 Å². The largest absolute Gasteiger partial charge is 0.310 e. The van der Waals surface area contributed by atoms with Gasteiger partial charge in [-0.1, -0.05) is 32.9 Å². The summed E-state index contributed by atoms with van der Waals surface area (Å²) in [5.41, 5.74) is 3.70. The smallest absolute Gasteiger partial charge is 0.0567 e. The van der Waals surface area contributed by atoms with E-state index in [9.17, 15) is 4.21 Å². The lowest BCUT2D eigenvalue weighted by Crippen LogP contribution is -2.40. The maximum atomic E-state index is 12.6. The quantitative estimate of drug-likeness (QED) is 0.890. The van der Waals surface area contributed by atoms with Crippen LogP contribution in [0.25, 0.3) is 0 Å². The van der Waals surface area contributed by atoms with Crippen LogP contribution < -0.4 is 5.32 Å². The zero-order valence-electron chi connectivity index (χ0n) is 11.9. The average Bonchev–Trinajstić information content (AvgIpc) is 2.35. The van der Waals surface area contributed by atoms with Gasteiger partial charge < -0.3 is 5.32 Å². The third-order valence-corrected chi connectivity index (χ3v) is 6.20. The molecule has 0 amide bonds. The molecular weight excluding hydrogens is 242 g/mol. The van der Waals surface area contributed by atoms with E-state index in [1.54, 1.807) is 0 Å². The van der Waals surface area contributed by atoms with E-state index in [4.69, 9.17) is 0 Å². The third-order valence-electron chi connectivity index (χ3n) is 4.15. The molecule has 2 rings (SSSR count). The molecule has 0 radical (unpaired) electrons. The molecule has 1 aliphatic rings. The van der Waals surface area contributed by atoms with Gasteiger partial charge in [-0.2, -0.15) is 0 Å². The minimum atomic E-state index is -0.876. The zero-order valence-corrected chi connectivity index (χ0v) is 12.7. The number of fused-ring (bicyclic) bond motifs is 1. The second kappa shape index (κ2) is 5.14. The highest BCUT2D eigenvalue weighted by molar-refractivity contribution is 7.85. The van der Waals surface area contributed by atoms with Crippen molar-refractivity contribution in [3.63, 3.8) is 0 Å². The van der Waals surface area contributed by atoms with Crippen molar-refractivity contribution in [1.82, 2.24) is 5.32 Å². The fraction of sp³-hybridized carbons (Fsp3) is 0.600. The Hall–Kier alpha value is -0.670. The normalized spacial score (nSPS) is 31.2. The van der Waals surface area contributed by atoms with Crippen molar-refractivity contribution < 1.29 is 4.21 Å². The summed E-state index contributed by atoms with van der Waals surface area (Å²) in [5, 5.41) is 3.79. The van der Waals surface area contributed by atoms with Crippen LogP contribution in [0, 0.1) is 19.8 Å². The SMILES string of the molecule is CCNC1c2c(C)ccc(C)c2S(=O)C(C)C1C. The first-order chi connectivity index (χ1) is 8.49. The van der Waals surface area contributed by atoms with E-state index in [1.165, 1.54) is 11.1 Å². The van der Waals surface area contributed by atoms with Gasteiger partial charge in [-0.3, -0.25) is 4.21 Å².